The van der Waals surface area contributed by atoms with Gasteiger partial charge in [-0.2, -0.15) is 11.8 Å². The van der Waals surface area contributed by atoms with Crippen LogP contribution in [0, 0.1) is 0 Å². The second-order valence-corrected chi connectivity index (χ2v) is 5.25. The lowest BCUT2D eigenvalue weighted by molar-refractivity contribution is 0.0280. The summed E-state index contributed by atoms with van der Waals surface area (Å²) in [5.41, 5.74) is 0.331. The molecule has 0 radical (unpaired) electrons. The van der Waals surface area contributed by atoms with Gasteiger partial charge in [-0.25, -0.2) is 4.79 Å². The maximum absolute atomic E-state index is 10.7. The van der Waals surface area contributed by atoms with Crippen molar-refractivity contribution in [3.63, 3.8) is 0 Å². The lowest BCUT2D eigenvalue weighted by atomic mass is 9.88. The summed E-state index contributed by atoms with van der Waals surface area (Å²) in [6.07, 6.45) is 1.48. The Morgan fingerprint density at radius 2 is 1.75 bits per heavy atom. The Balaban J connectivity index is 2.23. The normalized spacial score (nSPS) is 19.3. The maximum atomic E-state index is 10.7. The van der Waals surface area contributed by atoms with Crippen molar-refractivity contribution >= 4 is 17.7 Å². The van der Waals surface area contributed by atoms with Gasteiger partial charge in [0.2, 0.25) is 0 Å². The third kappa shape index (κ3) is 2.23. The van der Waals surface area contributed by atoms with Gasteiger partial charge in [-0.3, -0.25) is 0 Å². The Kier molecular flexibility index (Phi) is 3.21. The van der Waals surface area contributed by atoms with Gasteiger partial charge in [0.15, 0.2) is 0 Å². The van der Waals surface area contributed by atoms with E-state index in [-0.39, 0.29) is 5.56 Å². The van der Waals surface area contributed by atoms with Crippen molar-refractivity contribution in [2.24, 2.45) is 0 Å². The van der Waals surface area contributed by atoms with E-state index in [2.05, 4.69) is 0 Å². The zero-order valence-corrected chi connectivity index (χ0v) is 9.67. The topological polar surface area (TPSA) is 57.5 Å². The average Bonchev–Trinajstić information content (AvgIpc) is 2.30. The lowest BCUT2D eigenvalue weighted by Gasteiger charge is -2.32. The van der Waals surface area contributed by atoms with Crippen LogP contribution < -0.4 is 0 Å². The smallest absolute Gasteiger partial charge is 0.335 e. The van der Waals surface area contributed by atoms with Crippen LogP contribution in [-0.4, -0.2) is 27.7 Å². The Morgan fingerprint density at radius 1 is 1.19 bits per heavy atom. The molecule has 1 aromatic rings. The molecule has 0 aliphatic carbocycles. The van der Waals surface area contributed by atoms with Crippen LogP contribution >= 0.6 is 11.8 Å². The van der Waals surface area contributed by atoms with Crippen molar-refractivity contribution in [3.8, 4) is 0 Å². The number of carboxylic acids is 1. The van der Waals surface area contributed by atoms with Crippen LogP contribution in [-0.2, 0) is 5.60 Å². The molecule has 0 atom stereocenters. The summed E-state index contributed by atoms with van der Waals surface area (Å²) in [5, 5.41) is 19.2. The zero-order valence-electron chi connectivity index (χ0n) is 8.85. The summed E-state index contributed by atoms with van der Waals surface area (Å²) < 4.78 is 0. The largest absolute Gasteiger partial charge is 0.478 e. The number of aromatic carboxylic acids is 1. The molecule has 0 amide bonds. The highest BCUT2D eigenvalue weighted by Gasteiger charge is 2.31. The van der Waals surface area contributed by atoms with E-state index in [9.17, 15) is 9.90 Å². The Labute approximate surface area is 98.5 Å². The monoisotopic (exact) mass is 238 g/mol. The summed E-state index contributed by atoms with van der Waals surface area (Å²) in [6.45, 7) is 0. The minimum absolute atomic E-state index is 0.262. The van der Waals surface area contributed by atoms with E-state index >= 15 is 0 Å². The molecule has 2 rings (SSSR count). The fourth-order valence-corrected chi connectivity index (χ4v) is 3.09. The highest BCUT2D eigenvalue weighted by Crippen LogP contribution is 2.35. The molecule has 2 N–H and O–H groups in total. The summed E-state index contributed by atoms with van der Waals surface area (Å²) in [7, 11) is 0. The van der Waals surface area contributed by atoms with Crippen molar-refractivity contribution in [2.75, 3.05) is 11.5 Å². The molecule has 0 spiro atoms. The average molecular weight is 238 g/mol. The first-order valence-corrected chi connectivity index (χ1v) is 6.41. The number of aliphatic hydroxyl groups is 1. The molecule has 0 aromatic heterocycles. The van der Waals surface area contributed by atoms with E-state index in [0.717, 1.165) is 29.9 Å². The van der Waals surface area contributed by atoms with E-state index in [0.29, 0.717) is 0 Å². The molecule has 1 aromatic carbocycles. The third-order valence-electron chi connectivity index (χ3n) is 2.99. The van der Waals surface area contributed by atoms with E-state index in [1.807, 2.05) is 11.8 Å². The van der Waals surface area contributed by atoms with Crippen molar-refractivity contribution in [2.45, 2.75) is 18.4 Å². The molecule has 3 nitrogen and oxygen atoms in total. The predicted molar refractivity (Wildman–Crippen MR) is 63.9 cm³/mol. The SMILES string of the molecule is O=C(O)c1ccc(C2(O)CCSCC2)cc1. The first-order valence-electron chi connectivity index (χ1n) is 5.26. The maximum Gasteiger partial charge on any atom is 0.335 e. The summed E-state index contributed by atoms with van der Waals surface area (Å²) in [5.74, 6) is 0.978. The van der Waals surface area contributed by atoms with Crippen LogP contribution in [0.15, 0.2) is 24.3 Å². The molecule has 0 saturated carbocycles. The highest BCUT2D eigenvalue weighted by molar-refractivity contribution is 7.99. The highest BCUT2D eigenvalue weighted by atomic mass is 32.2. The quantitative estimate of drug-likeness (QED) is 0.828. The van der Waals surface area contributed by atoms with Gasteiger partial charge in [-0.15, -0.1) is 0 Å². The standard InChI is InChI=1S/C12H14O3S/c13-11(14)9-1-3-10(4-2-9)12(15)5-7-16-8-6-12/h1-4,15H,5-8H2,(H,13,14). The molecular weight excluding hydrogens is 224 g/mol. The number of benzene rings is 1. The van der Waals surface area contributed by atoms with Gasteiger partial charge in [-0.05, 0) is 42.0 Å². The van der Waals surface area contributed by atoms with Gasteiger partial charge in [0.05, 0.1) is 11.2 Å². The Hall–Kier alpha value is -1.00. The van der Waals surface area contributed by atoms with Crippen LogP contribution in [0.25, 0.3) is 0 Å². The van der Waals surface area contributed by atoms with Gasteiger partial charge in [0.25, 0.3) is 0 Å². The molecule has 0 unspecified atom stereocenters. The van der Waals surface area contributed by atoms with Crippen LogP contribution in [0.3, 0.4) is 0 Å². The van der Waals surface area contributed by atoms with E-state index in [1.54, 1.807) is 24.3 Å². The second kappa shape index (κ2) is 4.47. The molecule has 0 bridgehead atoms. The summed E-state index contributed by atoms with van der Waals surface area (Å²) in [6, 6.07) is 6.55. The van der Waals surface area contributed by atoms with E-state index in [1.165, 1.54) is 0 Å². The van der Waals surface area contributed by atoms with Gasteiger partial charge in [0, 0.05) is 0 Å². The van der Waals surface area contributed by atoms with Crippen molar-refractivity contribution in [1.82, 2.24) is 0 Å². The number of thioether (sulfide) groups is 1. The number of carboxylic acid groups (broad SMARTS) is 1. The molecule has 4 heteroatoms. The minimum Gasteiger partial charge on any atom is -0.478 e. The van der Waals surface area contributed by atoms with Crippen molar-refractivity contribution in [3.05, 3.63) is 35.4 Å². The summed E-state index contributed by atoms with van der Waals surface area (Å²) in [4.78, 5) is 10.7. The van der Waals surface area contributed by atoms with Crippen LogP contribution in [0.5, 0.6) is 0 Å². The Bertz CT molecular complexity index is 380. The lowest BCUT2D eigenvalue weighted by Crippen LogP contribution is -2.30. The van der Waals surface area contributed by atoms with Crippen LogP contribution in [0.4, 0.5) is 0 Å². The molecule has 1 saturated heterocycles. The number of hydrogen-bond donors (Lipinski definition) is 2. The zero-order chi connectivity index (χ0) is 11.6. The van der Waals surface area contributed by atoms with E-state index in [4.69, 9.17) is 5.11 Å². The third-order valence-corrected chi connectivity index (χ3v) is 3.97. The molecule has 1 fully saturated rings. The van der Waals surface area contributed by atoms with E-state index < -0.39 is 11.6 Å². The molecule has 1 heterocycles. The molecule has 1 aliphatic heterocycles. The van der Waals surface area contributed by atoms with Gasteiger partial charge < -0.3 is 10.2 Å². The van der Waals surface area contributed by atoms with Gasteiger partial charge >= 0.3 is 5.97 Å². The first-order chi connectivity index (χ1) is 7.62. The summed E-state index contributed by atoms with van der Waals surface area (Å²) >= 11 is 1.85. The molecular formula is C12H14O3S. The fourth-order valence-electron chi connectivity index (χ4n) is 1.92. The van der Waals surface area contributed by atoms with Crippen LogP contribution in [0.2, 0.25) is 0 Å². The van der Waals surface area contributed by atoms with Crippen molar-refractivity contribution in [1.29, 1.82) is 0 Å². The second-order valence-electron chi connectivity index (χ2n) is 4.03. The van der Waals surface area contributed by atoms with Gasteiger partial charge in [-0.1, -0.05) is 12.1 Å². The molecule has 1 aliphatic rings. The first kappa shape index (κ1) is 11.5. The minimum atomic E-state index is -0.933. The van der Waals surface area contributed by atoms with Gasteiger partial charge in [0.1, 0.15) is 0 Å². The Morgan fingerprint density at radius 3 is 2.25 bits per heavy atom. The molecule has 86 valence electrons. The number of carbonyl (C=O) groups is 1. The number of hydrogen-bond acceptors (Lipinski definition) is 3. The fraction of sp³-hybridized carbons (Fsp3) is 0.417. The number of rotatable bonds is 2. The molecule has 16 heavy (non-hydrogen) atoms. The van der Waals surface area contributed by atoms with Crippen LogP contribution in [0.1, 0.15) is 28.8 Å². The van der Waals surface area contributed by atoms with Crippen molar-refractivity contribution < 1.29 is 15.0 Å². The predicted octanol–water partition coefficient (Wildman–Crippen LogP) is 2.10.